The van der Waals surface area contributed by atoms with Crippen LogP contribution >= 0.6 is 23.4 Å². The highest BCUT2D eigenvalue weighted by Crippen LogP contribution is 2.35. The summed E-state index contributed by atoms with van der Waals surface area (Å²) in [6.45, 7) is 1.72. The van der Waals surface area contributed by atoms with Gasteiger partial charge in [0.05, 0.1) is 21.4 Å². The van der Waals surface area contributed by atoms with Crippen LogP contribution in [0.3, 0.4) is 0 Å². The fourth-order valence-electron chi connectivity index (χ4n) is 4.06. The monoisotopic (exact) mass is 491 g/mol. The third kappa shape index (κ3) is 5.24. The molecule has 2 atom stereocenters. The van der Waals surface area contributed by atoms with E-state index in [1.165, 1.54) is 29.5 Å². The van der Waals surface area contributed by atoms with E-state index < -0.39 is 11.2 Å². The SMILES string of the molecule is CC(Sc1nc2c(cc1C#N)CC(c1ccccc1)CC2)C(=O)Nc1ccc(Cl)c(C(=O)O)c1. The molecular formula is C26H22ClN3O3S. The number of amides is 1. The van der Waals surface area contributed by atoms with Crippen molar-refractivity contribution in [3.8, 4) is 6.07 Å². The Bertz CT molecular complexity index is 1290. The van der Waals surface area contributed by atoms with Crippen molar-refractivity contribution in [1.82, 2.24) is 4.98 Å². The largest absolute Gasteiger partial charge is 0.478 e. The minimum Gasteiger partial charge on any atom is -0.478 e. The van der Waals surface area contributed by atoms with Crippen LogP contribution in [-0.2, 0) is 17.6 Å². The van der Waals surface area contributed by atoms with Crippen LogP contribution in [0.4, 0.5) is 5.69 Å². The van der Waals surface area contributed by atoms with Crippen LogP contribution in [0.25, 0.3) is 0 Å². The third-order valence-corrected chi connectivity index (χ3v) is 7.30. The lowest BCUT2D eigenvalue weighted by molar-refractivity contribution is -0.115. The lowest BCUT2D eigenvalue weighted by atomic mass is 9.82. The summed E-state index contributed by atoms with van der Waals surface area (Å²) < 4.78 is 0. The molecule has 0 bridgehead atoms. The van der Waals surface area contributed by atoms with E-state index in [2.05, 4.69) is 23.5 Å². The highest BCUT2D eigenvalue weighted by atomic mass is 35.5. The number of benzene rings is 2. The number of carboxylic acids is 1. The van der Waals surface area contributed by atoms with Crippen molar-refractivity contribution in [1.29, 1.82) is 5.26 Å². The van der Waals surface area contributed by atoms with Gasteiger partial charge in [-0.1, -0.05) is 53.7 Å². The van der Waals surface area contributed by atoms with Crippen LogP contribution in [0.1, 0.15) is 52.0 Å². The molecule has 172 valence electrons. The zero-order valence-electron chi connectivity index (χ0n) is 18.4. The molecule has 2 N–H and O–H groups in total. The van der Waals surface area contributed by atoms with Crippen LogP contribution < -0.4 is 5.32 Å². The summed E-state index contributed by atoms with van der Waals surface area (Å²) in [4.78, 5) is 28.8. The number of carbonyl (C=O) groups is 2. The number of hydrogen-bond acceptors (Lipinski definition) is 5. The van der Waals surface area contributed by atoms with Crippen LogP contribution in [0.5, 0.6) is 0 Å². The summed E-state index contributed by atoms with van der Waals surface area (Å²) in [5.41, 5.74) is 4.06. The van der Waals surface area contributed by atoms with Gasteiger partial charge < -0.3 is 10.4 Å². The zero-order valence-corrected chi connectivity index (χ0v) is 20.0. The molecule has 4 rings (SSSR count). The molecule has 8 heteroatoms. The first kappa shape index (κ1) is 23.8. The molecule has 1 heterocycles. The number of rotatable bonds is 6. The molecule has 0 saturated carbocycles. The summed E-state index contributed by atoms with van der Waals surface area (Å²) in [5.74, 6) is -1.09. The number of aryl methyl sites for hydroxylation is 1. The normalized spacial score (nSPS) is 15.6. The standard InChI is InChI=1S/C26H22ClN3O3S/c1-15(24(31)29-20-8-9-22(27)21(13-20)26(32)33)34-25-19(14-28)12-18-11-17(7-10-23(18)30-25)16-5-3-2-4-6-16/h2-6,8-9,12-13,15,17H,7,10-11H2,1H3,(H,29,31)(H,32,33). The van der Waals surface area contributed by atoms with Crippen LogP contribution in [-0.4, -0.2) is 27.2 Å². The molecule has 1 aromatic heterocycles. The minimum absolute atomic E-state index is 0.0864. The second-order valence-corrected chi connectivity index (χ2v) is 9.89. The van der Waals surface area contributed by atoms with Gasteiger partial charge in [0, 0.05) is 11.4 Å². The molecule has 0 radical (unpaired) electrons. The van der Waals surface area contributed by atoms with Crippen LogP contribution in [0, 0.1) is 11.3 Å². The fraction of sp³-hybridized carbons (Fsp3) is 0.231. The fourth-order valence-corrected chi connectivity index (χ4v) is 5.15. The predicted molar refractivity (Wildman–Crippen MR) is 133 cm³/mol. The van der Waals surface area contributed by atoms with Crippen molar-refractivity contribution in [3.05, 3.63) is 87.6 Å². The number of nitriles is 1. The van der Waals surface area contributed by atoms with E-state index in [0.717, 1.165) is 30.5 Å². The Hall–Kier alpha value is -3.34. The molecule has 0 aliphatic heterocycles. The highest BCUT2D eigenvalue weighted by molar-refractivity contribution is 8.00. The molecule has 6 nitrogen and oxygen atoms in total. The quantitative estimate of drug-likeness (QED) is 0.429. The Labute approximate surface area is 207 Å². The van der Waals surface area contributed by atoms with Gasteiger partial charge in [0.15, 0.2) is 0 Å². The van der Waals surface area contributed by atoms with Crippen molar-refractivity contribution in [2.24, 2.45) is 0 Å². The van der Waals surface area contributed by atoms with E-state index in [-0.39, 0.29) is 16.5 Å². The van der Waals surface area contributed by atoms with Crippen molar-refractivity contribution < 1.29 is 14.7 Å². The number of carboxylic acid groups (broad SMARTS) is 1. The summed E-state index contributed by atoms with van der Waals surface area (Å²) >= 11 is 7.11. The first-order valence-electron chi connectivity index (χ1n) is 10.8. The van der Waals surface area contributed by atoms with Gasteiger partial charge in [0.1, 0.15) is 11.1 Å². The van der Waals surface area contributed by atoms with Gasteiger partial charge in [-0.25, -0.2) is 9.78 Å². The molecule has 0 saturated heterocycles. The molecule has 0 fully saturated rings. The van der Waals surface area contributed by atoms with Gasteiger partial charge in [-0.2, -0.15) is 5.26 Å². The Kier molecular flexibility index (Phi) is 7.20. The lowest BCUT2D eigenvalue weighted by Gasteiger charge is -2.25. The van der Waals surface area contributed by atoms with E-state index in [1.54, 1.807) is 13.0 Å². The molecule has 2 aromatic carbocycles. The number of nitrogens with one attached hydrogen (secondary N) is 1. The van der Waals surface area contributed by atoms with Crippen molar-refractivity contribution >= 4 is 40.9 Å². The van der Waals surface area contributed by atoms with Crippen molar-refractivity contribution in [2.75, 3.05) is 5.32 Å². The molecule has 1 aliphatic carbocycles. The Balaban J connectivity index is 1.49. The van der Waals surface area contributed by atoms with Crippen LogP contribution in [0.15, 0.2) is 59.6 Å². The number of carbonyl (C=O) groups excluding carboxylic acids is 1. The second kappa shape index (κ2) is 10.3. The molecule has 3 aromatic rings. The summed E-state index contributed by atoms with van der Waals surface area (Å²) in [6.07, 6.45) is 2.64. The maximum Gasteiger partial charge on any atom is 0.337 e. The number of thioether (sulfide) groups is 1. The van der Waals surface area contributed by atoms with Gasteiger partial charge in [-0.3, -0.25) is 4.79 Å². The number of aromatic nitrogens is 1. The Morgan fingerprint density at radius 1 is 1.24 bits per heavy atom. The van der Waals surface area contributed by atoms with Gasteiger partial charge in [0.2, 0.25) is 5.91 Å². The van der Waals surface area contributed by atoms with E-state index in [9.17, 15) is 20.0 Å². The second-order valence-electron chi connectivity index (χ2n) is 8.16. The number of halogens is 1. The van der Waals surface area contributed by atoms with Crippen LogP contribution in [0.2, 0.25) is 5.02 Å². The first-order valence-corrected chi connectivity index (χ1v) is 12.1. The maximum absolute atomic E-state index is 12.7. The number of anilines is 1. The maximum atomic E-state index is 12.7. The molecule has 34 heavy (non-hydrogen) atoms. The van der Waals surface area contributed by atoms with Crippen molar-refractivity contribution in [3.63, 3.8) is 0 Å². The number of pyridine rings is 1. The highest BCUT2D eigenvalue weighted by Gasteiger charge is 2.25. The average Bonchev–Trinajstić information content (AvgIpc) is 2.84. The zero-order chi connectivity index (χ0) is 24.2. The van der Waals surface area contributed by atoms with Gasteiger partial charge >= 0.3 is 5.97 Å². The first-order chi connectivity index (χ1) is 16.4. The summed E-state index contributed by atoms with van der Waals surface area (Å²) in [5, 5.41) is 21.7. The van der Waals surface area contributed by atoms with E-state index >= 15 is 0 Å². The Morgan fingerprint density at radius 2 is 2.00 bits per heavy atom. The summed E-state index contributed by atoms with van der Waals surface area (Å²) in [7, 11) is 0. The molecule has 0 spiro atoms. The number of hydrogen-bond donors (Lipinski definition) is 2. The van der Waals surface area contributed by atoms with Crippen molar-refractivity contribution in [2.45, 2.75) is 42.4 Å². The third-order valence-electron chi connectivity index (χ3n) is 5.87. The minimum atomic E-state index is -1.17. The number of aromatic carboxylic acids is 1. The lowest BCUT2D eigenvalue weighted by Crippen LogP contribution is -2.23. The molecule has 1 aliphatic rings. The average molecular weight is 492 g/mol. The smallest absolute Gasteiger partial charge is 0.337 e. The van der Waals surface area contributed by atoms with Gasteiger partial charge in [-0.15, -0.1) is 0 Å². The topological polar surface area (TPSA) is 103 Å². The molecule has 2 unspecified atom stereocenters. The van der Waals surface area contributed by atoms with Gasteiger partial charge in [0.25, 0.3) is 0 Å². The Morgan fingerprint density at radius 3 is 2.71 bits per heavy atom. The van der Waals surface area contributed by atoms with E-state index in [0.29, 0.717) is 22.2 Å². The van der Waals surface area contributed by atoms with E-state index in [1.807, 2.05) is 24.3 Å². The summed E-state index contributed by atoms with van der Waals surface area (Å²) in [6, 6.07) is 18.8. The van der Waals surface area contributed by atoms with Gasteiger partial charge in [-0.05, 0) is 67.5 Å². The molecular weight excluding hydrogens is 470 g/mol. The molecule has 1 amide bonds. The number of fused-ring (bicyclic) bond motifs is 1. The number of nitrogens with zero attached hydrogens (tertiary/aromatic N) is 2. The van der Waals surface area contributed by atoms with E-state index in [4.69, 9.17) is 16.6 Å². The predicted octanol–water partition coefficient (Wildman–Crippen LogP) is 5.70.